The van der Waals surface area contributed by atoms with Crippen LogP contribution in [0.25, 0.3) is 0 Å². The smallest absolute Gasteiger partial charge is 0.227 e. The maximum atomic E-state index is 12.8. The molecule has 25 heavy (non-hydrogen) atoms. The molecule has 1 aromatic carbocycles. The summed E-state index contributed by atoms with van der Waals surface area (Å²) in [7, 11) is 0. The van der Waals surface area contributed by atoms with Crippen molar-refractivity contribution in [3.8, 4) is 5.75 Å². The third-order valence-electron chi connectivity index (χ3n) is 6.07. The molecule has 1 aromatic rings. The van der Waals surface area contributed by atoms with Crippen LogP contribution in [-0.2, 0) is 16.0 Å². The van der Waals surface area contributed by atoms with Crippen LogP contribution in [0.2, 0.25) is 0 Å². The number of carbonyl (C=O) groups is 2. The molecule has 5 heteroatoms. The Morgan fingerprint density at radius 2 is 1.92 bits per heavy atom. The molecule has 3 saturated heterocycles. The number of phenolic OH excluding ortho intramolecular Hbond substituents is 1. The summed E-state index contributed by atoms with van der Waals surface area (Å²) in [6.45, 7) is 2.26. The lowest BCUT2D eigenvalue weighted by Crippen LogP contribution is -2.48. The number of fused-ring (bicyclic) bond motifs is 4. The average molecular weight is 342 g/mol. The van der Waals surface area contributed by atoms with Gasteiger partial charge in [0.25, 0.3) is 0 Å². The Hall–Kier alpha value is -2.04. The molecule has 2 atom stereocenters. The zero-order valence-electron chi connectivity index (χ0n) is 14.6. The summed E-state index contributed by atoms with van der Waals surface area (Å²) in [6.07, 6.45) is 5.65. The number of hydrogen-bond acceptors (Lipinski definition) is 3. The predicted octanol–water partition coefficient (Wildman–Crippen LogP) is 2.18. The lowest BCUT2D eigenvalue weighted by atomic mass is 9.84. The van der Waals surface area contributed by atoms with Crippen molar-refractivity contribution >= 4 is 11.8 Å². The first kappa shape index (κ1) is 16.4. The van der Waals surface area contributed by atoms with Crippen LogP contribution in [0.3, 0.4) is 0 Å². The topological polar surface area (TPSA) is 60.9 Å². The van der Waals surface area contributed by atoms with E-state index in [9.17, 15) is 14.7 Å². The van der Waals surface area contributed by atoms with Gasteiger partial charge in [0.2, 0.25) is 11.8 Å². The molecule has 5 rings (SSSR count). The van der Waals surface area contributed by atoms with Crippen LogP contribution in [-0.4, -0.2) is 52.4 Å². The molecule has 0 radical (unpaired) electrons. The van der Waals surface area contributed by atoms with Gasteiger partial charge in [0.05, 0.1) is 6.42 Å². The van der Waals surface area contributed by atoms with E-state index in [2.05, 4.69) is 0 Å². The number of nitrogens with zero attached hydrogens (tertiary/aromatic N) is 2. The van der Waals surface area contributed by atoms with E-state index in [1.807, 2.05) is 15.9 Å². The lowest BCUT2D eigenvalue weighted by molar-refractivity contribution is -0.139. The highest BCUT2D eigenvalue weighted by Crippen LogP contribution is 2.33. The van der Waals surface area contributed by atoms with Gasteiger partial charge in [-0.3, -0.25) is 9.59 Å². The number of amides is 2. The Morgan fingerprint density at radius 1 is 1.08 bits per heavy atom. The van der Waals surface area contributed by atoms with E-state index in [1.165, 1.54) is 6.42 Å². The average Bonchev–Trinajstić information content (AvgIpc) is 2.85. The molecule has 1 aliphatic carbocycles. The van der Waals surface area contributed by atoms with Crippen molar-refractivity contribution in [2.45, 2.75) is 44.6 Å². The molecule has 0 unspecified atom stereocenters. The summed E-state index contributed by atoms with van der Waals surface area (Å²) in [6, 6.07) is 7.06. The molecule has 2 bridgehead atoms. The van der Waals surface area contributed by atoms with Crippen molar-refractivity contribution in [2.24, 2.45) is 11.8 Å². The second-order valence-electron chi connectivity index (χ2n) is 7.86. The van der Waals surface area contributed by atoms with Gasteiger partial charge in [-0.05, 0) is 49.3 Å². The summed E-state index contributed by atoms with van der Waals surface area (Å²) in [5.74, 6) is 1.24. The molecule has 1 saturated carbocycles. The number of aromatic hydroxyl groups is 1. The largest absolute Gasteiger partial charge is 0.508 e. The number of piperidine rings is 1. The van der Waals surface area contributed by atoms with Gasteiger partial charge in [-0.25, -0.2) is 0 Å². The van der Waals surface area contributed by atoms with Crippen LogP contribution in [0.5, 0.6) is 5.75 Å². The SMILES string of the molecule is O=C(C1CCC1)N1C[C@@H]2CC[C@H](C1)N(C(=O)Cc1cccc(O)c1)C2. The normalized spacial score (nSPS) is 26.2. The molecule has 4 aliphatic rings. The Morgan fingerprint density at radius 3 is 2.64 bits per heavy atom. The van der Waals surface area contributed by atoms with Crippen molar-refractivity contribution in [1.29, 1.82) is 0 Å². The van der Waals surface area contributed by atoms with Gasteiger partial charge in [-0.2, -0.15) is 0 Å². The zero-order valence-corrected chi connectivity index (χ0v) is 14.6. The van der Waals surface area contributed by atoms with E-state index in [1.54, 1.807) is 18.2 Å². The van der Waals surface area contributed by atoms with Gasteiger partial charge in [0.15, 0.2) is 0 Å². The molecule has 1 N–H and O–H groups in total. The van der Waals surface area contributed by atoms with Crippen LogP contribution in [0, 0.1) is 11.8 Å². The van der Waals surface area contributed by atoms with E-state index in [-0.39, 0.29) is 23.6 Å². The fourth-order valence-corrected chi connectivity index (χ4v) is 4.42. The fourth-order valence-electron chi connectivity index (χ4n) is 4.42. The minimum atomic E-state index is 0.109. The highest BCUT2D eigenvalue weighted by molar-refractivity contribution is 5.81. The second-order valence-corrected chi connectivity index (χ2v) is 7.86. The Kier molecular flexibility index (Phi) is 4.40. The monoisotopic (exact) mass is 342 g/mol. The van der Waals surface area contributed by atoms with Crippen molar-refractivity contribution < 1.29 is 14.7 Å². The molecule has 134 valence electrons. The van der Waals surface area contributed by atoms with Gasteiger partial charge >= 0.3 is 0 Å². The van der Waals surface area contributed by atoms with E-state index < -0.39 is 0 Å². The van der Waals surface area contributed by atoms with Crippen molar-refractivity contribution in [1.82, 2.24) is 9.80 Å². The van der Waals surface area contributed by atoms with Gasteiger partial charge in [-0.1, -0.05) is 18.6 Å². The molecule has 4 fully saturated rings. The number of rotatable bonds is 3. The molecular formula is C20H26N2O3. The standard InChI is InChI=1S/C20H26N2O3/c23-18-6-1-3-14(9-18)10-19(24)22-12-15-7-8-17(22)13-21(11-15)20(25)16-4-2-5-16/h1,3,6,9,15-17,23H,2,4-5,7-8,10-13H2/t15-,17+/m0/s1. The maximum Gasteiger partial charge on any atom is 0.227 e. The number of phenols is 1. The van der Waals surface area contributed by atoms with E-state index in [0.29, 0.717) is 24.8 Å². The first-order valence-electron chi connectivity index (χ1n) is 9.46. The summed E-state index contributed by atoms with van der Waals surface area (Å²) in [5.41, 5.74) is 0.840. The molecule has 3 heterocycles. The molecule has 2 amide bonds. The van der Waals surface area contributed by atoms with Crippen LogP contribution in [0.1, 0.15) is 37.7 Å². The molecule has 3 aliphatic heterocycles. The summed E-state index contributed by atoms with van der Waals surface area (Å²) in [5, 5.41) is 9.59. The number of carbonyl (C=O) groups excluding carboxylic acids is 2. The molecular weight excluding hydrogens is 316 g/mol. The quantitative estimate of drug-likeness (QED) is 0.916. The lowest BCUT2D eigenvalue weighted by Gasteiger charge is -2.36. The molecule has 5 nitrogen and oxygen atoms in total. The summed E-state index contributed by atoms with van der Waals surface area (Å²) < 4.78 is 0. The van der Waals surface area contributed by atoms with Crippen LogP contribution < -0.4 is 0 Å². The van der Waals surface area contributed by atoms with Crippen molar-refractivity contribution in [3.63, 3.8) is 0 Å². The van der Waals surface area contributed by atoms with Gasteiger partial charge < -0.3 is 14.9 Å². The highest BCUT2D eigenvalue weighted by atomic mass is 16.3. The van der Waals surface area contributed by atoms with E-state index >= 15 is 0 Å². The first-order valence-corrected chi connectivity index (χ1v) is 9.46. The first-order chi connectivity index (χ1) is 12.1. The minimum absolute atomic E-state index is 0.109. The Labute approximate surface area is 148 Å². The van der Waals surface area contributed by atoms with Crippen molar-refractivity contribution in [3.05, 3.63) is 29.8 Å². The maximum absolute atomic E-state index is 12.8. The van der Waals surface area contributed by atoms with Crippen LogP contribution in [0.4, 0.5) is 0 Å². The van der Waals surface area contributed by atoms with Gasteiger partial charge in [0, 0.05) is 31.6 Å². The second kappa shape index (κ2) is 6.70. The van der Waals surface area contributed by atoms with Crippen LogP contribution >= 0.6 is 0 Å². The highest BCUT2D eigenvalue weighted by Gasteiger charge is 2.40. The Bertz CT molecular complexity index is 671. The van der Waals surface area contributed by atoms with Gasteiger partial charge in [-0.15, -0.1) is 0 Å². The third-order valence-corrected chi connectivity index (χ3v) is 6.07. The predicted molar refractivity (Wildman–Crippen MR) is 94.0 cm³/mol. The van der Waals surface area contributed by atoms with E-state index in [0.717, 1.165) is 44.3 Å². The number of benzene rings is 1. The van der Waals surface area contributed by atoms with E-state index in [4.69, 9.17) is 0 Å². The summed E-state index contributed by atoms with van der Waals surface area (Å²) in [4.78, 5) is 29.5. The Balaban J connectivity index is 1.44. The fraction of sp³-hybridized carbons (Fsp3) is 0.600. The van der Waals surface area contributed by atoms with Gasteiger partial charge in [0.1, 0.15) is 5.75 Å². The minimum Gasteiger partial charge on any atom is -0.508 e. The molecule has 0 spiro atoms. The number of hydrogen-bond donors (Lipinski definition) is 1. The molecule has 0 aromatic heterocycles. The van der Waals surface area contributed by atoms with Crippen LogP contribution in [0.15, 0.2) is 24.3 Å². The third kappa shape index (κ3) is 3.37. The summed E-state index contributed by atoms with van der Waals surface area (Å²) >= 11 is 0. The van der Waals surface area contributed by atoms with Crippen molar-refractivity contribution in [2.75, 3.05) is 19.6 Å². The zero-order chi connectivity index (χ0) is 17.4.